The molecule has 0 spiro atoms. The molecule has 2 aromatic carbocycles. The second-order valence-corrected chi connectivity index (χ2v) is 6.85. The molecule has 3 heteroatoms. The van der Waals surface area contributed by atoms with Gasteiger partial charge in [0.1, 0.15) is 17.3 Å². The molecule has 2 aromatic rings. The first-order valence-electron chi connectivity index (χ1n) is 10.5. The van der Waals surface area contributed by atoms with Crippen molar-refractivity contribution >= 4 is 11.9 Å². The lowest BCUT2D eigenvalue weighted by Gasteiger charge is -2.16. The number of Topliss-reactive ketones (excluding diaryl/α,β-unsaturated/α-hetero) is 1. The molecule has 0 N–H and O–H groups in total. The van der Waals surface area contributed by atoms with E-state index in [1.54, 1.807) is 20.3 Å². The number of hydrogen-bond acceptors (Lipinski definition) is 3. The molecule has 0 aromatic heterocycles. The van der Waals surface area contributed by atoms with Crippen LogP contribution in [0.25, 0.3) is 6.08 Å². The molecule has 0 bridgehead atoms. The van der Waals surface area contributed by atoms with Crippen molar-refractivity contribution in [2.75, 3.05) is 14.2 Å². The Balaban J connectivity index is 0.00000204. The lowest BCUT2D eigenvalue weighted by molar-refractivity contribution is -0.122. The number of rotatable bonds is 10. The summed E-state index contributed by atoms with van der Waals surface area (Å²) in [5, 5.41) is 0. The largest absolute Gasteiger partial charge is 0.496 e. The third-order valence-corrected chi connectivity index (χ3v) is 5.09. The smallest absolute Gasteiger partial charge is 0.136 e. The van der Waals surface area contributed by atoms with E-state index in [0.29, 0.717) is 18.6 Å². The predicted molar refractivity (Wildman–Crippen MR) is 123 cm³/mol. The Kier molecular flexibility index (Phi) is 10.8. The van der Waals surface area contributed by atoms with E-state index in [-0.39, 0.29) is 5.92 Å². The van der Waals surface area contributed by atoms with Gasteiger partial charge in [0.25, 0.3) is 0 Å². The molecule has 1 atom stereocenters. The van der Waals surface area contributed by atoms with Crippen molar-refractivity contribution in [1.29, 1.82) is 0 Å². The fraction of sp³-hybridized carbons (Fsp3) is 0.423. The number of ketones is 1. The van der Waals surface area contributed by atoms with Crippen LogP contribution in [0.1, 0.15) is 62.8 Å². The zero-order valence-electron chi connectivity index (χ0n) is 18.9. The highest BCUT2D eigenvalue weighted by atomic mass is 16.5. The van der Waals surface area contributed by atoms with E-state index in [2.05, 4.69) is 37.8 Å². The summed E-state index contributed by atoms with van der Waals surface area (Å²) in [6.45, 7) is 11.9. The van der Waals surface area contributed by atoms with Crippen LogP contribution in [0.2, 0.25) is 0 Å². The van der Waals surface area contributed by atoms with E-state index in [9.17, 15) is 4.79 Å². The first-order chi connectivity index (χ1) is 14.0. The molecule has 0 saturated carbocycles. The van der Waals surface area contributed by atoms with Crippen molar-refractivity contribution < 1.29 is 14.3 Å². The molecular formula is C26H36O3. The normalized spacial score (nSPS) is 11.1. The van der Waals surface area contributed by atoms with E-state index in [4.69, 9.17) is 9.47 Å². The van der Waals surface area contributed by atoms with Gasteiger partial charge < -0.3 is 9.47 Å². The number of ether oxygens (including phenoxy) is 2. The van der Waals surface area contributed by atoms with Crippen LogP contribution in [0.5, 0.6) is 11.5 Å². The van der Waals surface area contributed by atoms with Crippen molar-refractivity contribution in [3.8, 4) is 11.5 Å². The van der Waals surface area contributed by atoms with Gasteiger partial charge in [-0.2, -0.15) is 0 Å². The molecule has 0 radical (unpaired) electrons. The lowest BCUT2D eigenvalue weighted by Crippen LogP contribution is -2.10. The number of aryl methyl sites for hydroxylation is 1. The van der Waals surface area contributed by atoms with Crippen LogP contribution in [-0.2, 0) is 17.6 Å². The van der Waals surface area contributed by atoms with Crippen LogP contribution in [-0.4, -0.2) is 20.0 Å². The number of carbonyl (C=O) groups excluding carboxylic acids is 1. The van der Waals surface area contributed by atoms with Crippen molar-refractivity contribution in [2.45, 2.75) is 53.4 Å². The molecular weight excluding hydrogens is 360 g/mol. The fourth-order valence-electron chi connectivity index (χ4n) is 3.23. The molecule has 0 fully saturated rings. The second-order valence-electron chi connectivity index (χ2n) is 6.85. The highest BCUT2D eigenvalue weighted by Crippen LogP contribution is 2.34. The highest BCUT2D eigenvalue weighted by molar-refractivity contribution is 5.80. The van der Waals surface area contributed by atoms with Gasteiger partial charge in [-0.05, 0) is 36.1 Å². The number of methoxy groups -OCH3 is 2. The van der Waals surface area contributed by atoms with Gasteiger partial charge in [-0.25, -0.2) is 0 Å². The Labute approximate surface area is 176 Å². The minimum absolute atomic E-state index is 0.142. The quantitative estimate of drug-likeness (QED) is 0.459. The van der Waals surface area contributed by atoms with Crippen LogP contribution >= 0.6 is 0 Å². The van der Waals surface area contributed by atoms with Crippen LogP contribution in [0.3, 0.4) is 0 Å². The average Bonchev–Trinajstić information content (AvgIpc) is 2.78. The molecule has 158 valence electrons. The summed E-state index contributed by atoms with van der Waals surface area (Å²) in [5.41, 5.74) is 4.30. The van der Waals surface area contributed by atoms with Gasteiger partial charge in [0, 0.05) is 29.9 Å². The van der Waals surface area contributed by atoms with Gasteiger partial charge in [-0.1, -0.05) is 64.6 Å². The number of benzene rings is 2. The van der Waals surface area contributed by atoms with Gasteiger partial charge in [0.05, 0.1) is 14.2 Å². The van der Waals surface area contributed by atoms with Gasteiger partial charge in [-0.3, -0.25) is 4.79 Å². The summed E-state index contributed by atoms with van der Waals surface area (Å²) in [4.78, 5) is 12.1. The van der Waals surface area contributed by atoms with Crippen LogP contribution in [0, 0.1) is 5.92 Å². The Morgan fingerprint density at radius 2 is 1.79 bits per heavy atom. The van der Waals surface area contributed by atoms with Crippen molar-refractivity contribution in [2.24, 2.45) is 5.92 Å². The standard InChI is InChI=1S/C24H30O3.C2H6/c1-6-17(3)22(25)13-11-18-9-8-10-19(15-18)16-21-23(26-4)14-12-20(7-2)24(21)27-5;1-2/h7-10,12,14-15,17H,2,6,11,13,16H2,1,3-5H3;1-2H3. The zero-order chi connectivity index (χ0) is 21.8. The number of hydrogen-bond donors (Lipinski definition) is 0. The second kappa shape index (κ2) is 12.8. The maximum atomic E-state index is 12.1. The van der Waals surface area contributed by atoms with Crippen LogP contribution in [0.15, 0.2) is 43.0 Å². The zero-order valence-corrected chi connectivity index (χ0v) is 18.9. The summed E-state index contributed by atoms with van der Waals surface area (Å²) < 4.78 is 11.2. The van der Waals surface area contributed by atoms with Gasteiger partial charge >= 0.3 is 0 Å². The highest BCUT2D eigenvalue weighted by Gasteiger charge is 2.15. The monoisotopic (exact) mass is 396 g/mol. The van der Waals surface area contributed by atoms with Crippen LogP contribution < -0.4 is 9.47 Å². The maximum absolute atomic E-state index is 12.1. The maximum Gasteiger partial charge on any atom is 0.136 e. The molecule has 0 aliphatic carbocycles. The Morgan fingerprint density at radius 1 is 1.10 bits per heavy atom. The van der Waals surface area contributed by atoms with Gasteiger partial charge in [0.2, 0.25) is 0 Å². The first-order valence-corrected chi connectivity index (χ1v) is 10.5. The molecule has 0 saturated heterocycles. The van der Waals surface area contributed by atoms with Crippen LogP contribution in [0.4, 0.5) is 0 Å². The molecule has 29 heavy (non-hydrogen) atoms. The summed E-state index contributed by atoms with van der Waals surface area (Å²) in [7, 11) is 3.34. The number of carbonyl (C=O) groups is 1. The van der Waals surface area contributed by atoms with Crippen molar-refractivity contribution in [3.05, 3.63) is 65.2 Å². The van der Waals surface area contributed by atoms with E-state index in [0.717, 1.165) is 35.5 Å². The fourth-order valence-corrected chi connectivity index (χ4v) is 3.23. The predicted octanol–water partition coefficient (Wildman–Crippen LogP) is 6.51. The van der Waals surface area contributed by atoms with Gasteiger partial charge in [0.15, 0.2) is 0 Å². The Bertz CT molecular complexity index is 793. The van der Waals surface area contributed by atoms with Gasteiger partial charge in [-0.15, -0.1) is 0 Å². The summed E-state index contributed by atoms with van der Waals surface area (Å²) >= 11 is 0. The van der Waals surface area contributed by atoms with E-state index < -0.39 is 0 Å². The third kappa shape index (κ3) is 6.77. The molecule has 0 amide bonds. The van der Waals surface area contributed by atoms with Crippen molar-refractivity contribution in [1.82, 2.24) is 0 Å². The average molecular weight is 397 g/mol. The first kappa shape index (κ1) is 24.5. The van der Waals surface area contributed by atoms with Crippen molar-refractivity contribution in [3.63, 3.8) is 0 Å². The van der Waals surface area contributed by atoms with E-state index in [1.807, 2.05) is 32.9 Å². The minimum atomic E-state index is 0.142. The summed E-state index contributed by atoms with van der Waals surface area (Å²) in [6.07, 6.45) is 4.76. The topological polar surface area (TPSA) is 35.5 Å². The Morgan fingerprint density at radius 3 is 2.38 bits per heavy atom. The SMILES string of the molecule is C=Cc1ccc(OC)c(Cc2cccc(CCC(=O)C(C)CC)c2)c1OC.CC. The lowest BCUT2D eigenvalue weighted by atomic mass is 9.95. The molecule has 2 rings (SSSR count). The molecule has 0 aliphatic rings. The molecule has 3 nitrogen and oxygen atoms in total. The third-order valence-electron chi connectivity index (χ3n) is 5.09. The van der Waals surface area contributed by atoms with E-state index >= 15 is 0 Å². The Hall–Kier alpha value is -2.55. The molecule has 1 unspecified atom stereocenters. The molecule has 0 aliphatic heterocycles. The summed E-state index contributed by atoms with van der Waals surface area (Å²) in [5.74, 6) is 2.07. The summed E-state index contributed by atoms with van der Waals surface area (Å²) in [6, 6.07) is 12.3. The molecule has 0 heterocycles. The minimum Gasteiger partial charge on any atom is -0.496 e. The van der Waals surface area contributed by atoms with E-state index in [1.165, 1.54) is 11.1 Å².